The number of nitrogens with one attached hydrogen (secondary N) is 1. The number of hydrogen-bond donors (Lipinski definition) is 2. The topological polar surface area (TPSA) is 32.3 Å². The summed E-state index contributed by atoms with van der Waals surface area (Å²) in [4.78, 5) is 0. The Morgan fingerprint density at radius 3 is 2.44 bits per heavy atom. The van der Waals surface area contributed by atoms with E-state index in [2.05, 4.69) is 19.2 Å². The highest BCUT2D eigenvalue weighted by atomic mass is 35.5. The summed E-state index contributed by atoms with van der Waals surface area (Å²) in [7, 11) is 0. The monoisotopic (exact) mass is 241 g/mol. The SMILES string of the molecule is CC(CCCO)NC(C)c1ccc(Cl)cc1. The summed E-state index contributed by atoms with van der Waals surface area (Å²) in [6.45, 7) is 4.54. The van der Waals surface area contributed by atoms with Gasteiger partial charge in [0.25, 0.3) is 0 Å². The van der Waals surface area contributed by atoms with Crippen molar-refractivity contribution < 1.29 is 5.11 Å². The Morgan fingerprint density at radius 2 is 1.88 bits per heavy atom. The van der Waals surface area contributed by atoms with E-state index < -0.39 is 0 Å². The van der Waals surface area contributed by atoms with Crippen molar-refractivity contribution in [2.24, 2.45) is 0 Å². The molecule has 0 aliphatic rings. The number of aliphatic hydroxyl groups excluding tert-OH is 1. The Hall–Kier alpha value is -0.570. The highest BCUT2D eigenvalue weighted by molar-refractivity contribution is 6.30. The molecule has 0 amide bonds. The third-order valence-corrected chi connectivity index (χ3v) is 2.95. The summed E-state index contributed by atoms with van der Waals surface area (Å²) in [6, 6.07) is 8.63. The van der Waals surface area contributed by atoms with Gasteiger partial charge in [0, 0.05) is 23.7 Å². The molecule has 2 nitrogen and oxygen atoms in total. The largest absolute Gasteiger partial charge is 0.396 e. The fraction of sp³-hybridized carbons (Fsp3) is 0.538. The highest BCUT2D eigenvalue weighted by Gasteiger charge is 2.08. The maximum absolute atomic E-state index is 8.75. The third-order valence-electron chi connectivity index (χ3n) is 2.70. The first-order valence-electron chi connectivity index (χ1n) is 5.76. The Balaban J connectivity index is 2.45. The second kappa shape index (κ2) is 6.89. The minimum atomic E-state index is 0.265. The molecule has 0 spiro atoms. The maximum Gasteiger partial charge on any atom is 0.0431 e. The molecule has 0 aliphatic heterocycles. The molecule has 0 saturated heterocycles. The van der Waals surface area contributed by atoms with Crippen LogP contribution in [-0.4, -0.2) is 17.8 Å². The number of rotatable bonds is 6. The van der Waals surface area contributed by atoms with Crippen molar-refractivity contribution in [3.63, 3.8) is 0 Å². The molecule has 1 aromatic carbocycles. The molecule has 90 valence electrons. The van der Waals surface area contributed by atoms with Gasteiger partial charge in [-0.2, -0.15) is 0 Å². The molecular formula is C13H20ClNO. The van der Waals surface area contributed by atoms with E-state index in [0.29, 0.717) is 12.1 Å². The van der Waals surface area contributed by atoms with Crippen LogP contribution in [0.15, 0.2) is 24.3 Å². The molecule has 1 rings (SSSR count). The molecular weight excluding hydrogens is 222 g/mol. The van der Waals surface area contributed by atoms with Crippen LogP contribution >= 0.6 is 11.6 Å². The van der Waals surface area contributed by atoms with Gasteiger partial charge in [-0.15, -0.1) is 0 Å². The molecule has 0 bridgehead atoms. The van der Waals surface area contributed by atoms with Gasteiger partial charge in [-0.05, 0) is 44.4 Å². The van der Waals surface area contributed by atoms with Gasteiger partial charge in [0.2, 0.25) is 0 Å². The first-order chi connectivity index (χ1) is 7.63. The Morgan fingerprint density at radius 1 is 1.25 bits per heavy atom. The van der Waals surface area contributed by atoms with Gasteiger partial charge in [-0.1, -0.05) is 23.7 Å². The van der Waals surface area contributed by atoms with Crippen LogP contribution in [0.5, 0.6) is 0 Å². The van der Waals surface area contributed by atoms with E-state index in [-0.39, 0.29) is 6.61 Å². The normalized spacial score (nSPS) is 14.8. The van der Waals surface area contributed by atoms with Crippen LogP contribution in [0.2, 0.25) is 5.02 Å². The van der Waals surface area contributed by atoms with Gasteiger partial charge in [0.1, 0.15) is 0 Å². The third kappa shape index (κ3) is 4.52. The van der Waals surface area contributed by atoms with Crippen molar-refractivity contribution in [2.75, 3.05) is 6.61 Å². The Labute approximate surface area is 103 Å². The van der Waals surface area contributed by atoms with E-state index in [4.69, 9.17) is 16.7 Å². The predicted octanol–water partition coefficient (Wildman–Crippen LogP) is 3.15. The number of aliphatic hydroxyl groups is 1. The molecule has 1 aromatic rings. The second-order valence-corrected chi connectivity index (χ2v) is 4.64. The highest BCUT2D eigenvalue weighted by Crippen LogP contribution is 2.17. The number of halogens is 1. The smallest absolute Gasteiger partial charge is 0.0431 e. The second-order valence-electron chi connectivity index (χ2n) is 4.21. The van der Waals surface area contributed by atoms with Crippen molar-refractivity contribution in [3.05, 3.63) is 34.9 Å². The summed E-state index contributed by atoms with van der Waals surface area (Å²) in [5.41, 5.74) is 1.24. The Bertz CT molecular complexity index is 299. The van der Waals surface area contributed by atoms with Crippen molar-refractivity contribution >= 4 is 11.6 Å². The standard InChI is InChI=1S/C13H20ClNO/c1-10(4-3-9-16)15-11(2)12-5-7-13(14)8-6-12/h5-8,10-11,15-16H,3-4,9H2,1-2H3. The van der Waals surface area contributed by atoms with Crippen molar-refractivity contribution in [1.29, 1.82) is 0 Å². The minimum absolute atomic E-state index is 0.265. The van der Waals surface area contributed by atoms with Crippen LogP contribution in [0.25, 0.3) is 0 Å². The summed E-state index contributed by atoms with van der Waals surface area (Å²) in [6.07, 6.45) is 1.84. The molecule has 0 fully saturated rings. The molecule has 2 N–H and O–H groups in total. The van der Waals surface area contributed by atoms with Crippen molar-refractivity contribution in [3.8, 4) is 0 Å². The first kappa shape index (κ1) is 13.5. The molecule has 0 saturated carbocycles. The first-order valence-corrected chi connectivity index (χ1v) is 6.13. The van der Waals surface area contributed by atoms with E-state index in [1.54, 1.807) is 0 Å². The van der Waals surface area contributed by atoms with E-state index in [1.807, 2.05) is 24.3 Å². The van der Waals surface area contributed by atoms with Gasteiger partial charge in [0.05, 0.1) is 0 Å². The fourth-order valence-corrected chi connectivity index (χ4v) is 1.88. The molecule has 2 unspecified atom stereocenters. The average molecular weight is 242 g/mol. The van der Waals surface area contributed by atoms with Crippen LogP contribution in [-0.2, 0) is 0 Å². The van der Waals surface area contributed by atoms with Gasteiger partial charge in [-0.25, -0.2) is 0 Å². The van der Waals surface area contributed by atoms with E-state index in [1.165, 1.54) is 5.56 Å². The van der Waals surface area contributed by atoms with E-state index in [9.17, 15) is 0 Å². The van der Waals surface area contributed by atoms with Crippen LogP contribution in [0.4, 0.5) is 0 Å². The summed E-state index contributed by atoms with van der Waals surface area (Å²) >= 11 is 5.84. The zero-order chi connectivity index (χ0) is 12.0. The van der Waals surface area contributed by atoms with Gasteiger partial charge in [0.15, 0.2) is 0 Å². The lowest BCUT2D eigenvalue weighted by atomic mass is 10.1. The maximum atomic E-state index is 8.75. The Kier molecular flexibility index (Phi) is 5.81. The van der Waals surface area contributed by atoms with Crippen LogP contribution < -0.4 is 5.32 Å². The number of hydrogen-bond acceptors (Lipinski definition) is 2. The quantitative estimate of drug-likeness (QED) is 0.802. The fourth-order valence-electron chi connectivity index (χ4n) is 1.76. The molecule has 3 heteroatoms. The summed E-state index contributed by atoms with van der Waals surface area (Å²) < 4.78 is 0. The molecule has 0 radical (unpaired) electrons. The lowest BCUT2D eigenvalue weighted by Crippen LogP contribution is -2.29. The van der Waals surface area contributed by atoms with Crippen molar-refractivity contribution in [1.82, 2.24) is 5.32 Å². The summed E-state index contributed by atoms with van der Waals surface area (Å²) in [5, 5.41) is 13.0. The molecule has 0 heterocycles. The molecule has 16 heavy (non-hydrogen) atoms. The van der Waals surface area contributed by atoms with Crippen LogP contribution in [0, 0.1) is 0 Å². The molecule has 2 atom stereocenters. The lowest BCUT2D eigenvalue weighted by molar-refractivity contribution is 0.274. The lowest BCUT2D eigenvalue weighted by Gasteiger charge is -2.20. The van der Waals surface area contributed by atoms with Gasteiger partial charge < -0.3 is 10.4 Å². The van der Waals surface area contributed by atoms with Crippen molar-refractivity contribution in [2.45, 2.75) is 38.8 Å². The zero-order valence-electron chi connectivity index (χ0n) is 9.91. The summed E-state index contributed by atoms with van der Waals surface area (Å²) in [5.74, 6) is 0. The molecule has 0 aliphatic carbocycles. The van der Waals surface area contributed by atoms with E-state index in [0.717, 1.165) is 17.9 Å². The minimum Gasteiger partial charge on any atom is -0.396 e. The van der Waals surface area contributed by atoms with E-state index >= 15 is 0 Å². The van der Waals surface area contributed by atoms with Crippen LogP contribution in [0.1, 0.15) is 38.3 Å². The number of benzene rings is 1. The molecule has 0 aromatic heterocycles. The van der Waals surface area contributed by atoms with Gasteiger partial charge in [-0.3, -0.25) is 0 Å². The van der Waals surface area contributed by atoms with Gasteiger partial charge >= 0.3 is 0 Å². The predicted molar refractivity (Wildman–Crippen MR) is 68.8 cm³/mol. The zero-order valence-corrected chi connectivity index (χ0v) is 10.7. The van der Waals surface area contributed by atoms with Crippen LogP contribution in [0.3, 0.4) is 0 Å². The average Bonchev–Trinajstić information content (AvgIpc) is 2.27.